The summed E-state index contributed by atoms with van der Waals surface area (Å²) in [6.07, 6.45) is -3.75. The average molecular weight is 274 g/mol. The van der Waals surface area contributed by atoms with E-state index in [2.05, 4.69) is 4.98 Å². The Morgan fingerprint density at radius 1 is 1.00 bits per heavy atom. The molecule has 0 aliphatic heterocycles. The zero-order valence-corrected chi connectivity index (χ0v) is 9.30. The van der Waals surface area contributed by atoms with Crippen LogP contribution in [0.3, 0.4) is 0 Å². The van der Waals surface area contributed by atoms with Crippen molar-refractivity contribution >= 4 is 5.69 Å². The smallest absolute Gasteiger partial charge is 0.396 e. The number of hydrogen-bond acceptors (Lipinski definition) is 2. The lowest BCUT2D eigenvalue weighted by atomic mass is 10.1. The first-order chi connectivity index (χ1) is 8.79. The van der Waals surface area contributed by atoms with Crippen molar-refractivity contribution in [2.24, 2.45) is 0 Å². The number of aromatic nitrogens is 1. The van der Waals surface area contributed by atoms with Gasteiger partial charge in [0.2, 0.25) is 0 Å². The summed E-state index contributed by atoms with van der Waals surface area (Å²) in [4.78, 5) is 3.17. The summed E-state index contributed by atoms with van der Waals surface area (Å²) in [5.41, 5.74) is 3.52. The molecule has 2 aromatic rings. The summed E-state index contributed by atoms with van der Waals surface area (Å²) < 4.78 is 63.7. The molecule has 0 atom stereocenters. The second kappa shape index (κ2) is 4.49. The highest BCUT2D eigenvalue weighted by atomic mass is 19.4. The first-order valence-electron chi connectivity index (χ1n) is 5.07. The molecule has 0 spiro atoms. The highest BCUT2D eigenvalue weighted by Crippen LogP contribution is 2.30. The molecule has 0 fully saturated rings. The van der Waals surface area contributed by atoms with E-state index in [0.29, 0.717) is 6.07 Å². The van der Waals surface area contributed by atoms with Crippen LogP contribution in [0.25, 0.3) is 11.1 Å². The normalized spacial score (nSPS) is 11.6. The molecular formula is C12H7F5N2. The van der Waals surface area contributed by atoms with E-state index in [9.17, 15) is 22.0 Å². The summed E-state index contributed by atoms with van der Waals surface area (Å²) in [6, 6.07) is 3.30. The van der Waals surface area contributed by atoms with Crippen LogP contribution in [0.2, 0.25) is 0 Å². The molecule has 2 rings (SSSR count). The van der Waals surface area contributed by atoms with Crippen LogP contribution in [-0.4, -0.2) is 4.98 Å². The first-order valence-corrected chi connectivity index (χ1v) is 5.07. The van der Waals surface area contributed by atoms with Crippen LogP contribution in [0.4, 0.5) is 27.6 Å². The molecule has 7 heteroatoms. The number of nitrogen functional groups attached to an aromatic ring is 1. The Morgan fingerprint density at radius 2 is 1.68 bits per heavy atom. The molecule has 1 aromatic heterocycles. The number of nitrogens with two attached hydrogens (primary N) is 1. The fourth-order valence-electron chi connectivity index (χ4n) is 1.50. The van der Waals surface area contributed by atoms with Crippen molar-refractivity contribution in [1.82, 2.24) is 4.98 Å². The summed E-state index contributed by atoms with van der Waals surface area (Å²) in [7, 11) is 0. The molecule has 0 amide bonds. The van der Waals surface area contributed by atoms with Gasteiger partial charge in [-0.25, -0.2) is 8.78 Å². The largest absolute Gasteiger partial charge is 0.433 e. The maximum atomic E-state index is 13.6. The zero-order chi connectivity index (χ0) is 14.2. The number of anilines is 1. The molecule has 19 heavy (non-hydrogen) atoms. The Labute approximate surface area is 104 Å². The van der Waals surface area contributed by atoms with Gasteiger partial charge in [0.15, 0.2) is 0 Å². The third-order valence-electron chi connectivity index (χ3n) is 2.45. The fraction of sp³-hybridized carbons (Fsp3) is 0.0833. The number of benzene rings is 1. The van der Waals surface area contributed by atoms with Gasteiger partial charge in [-0.05, 0) is 12.1 Å². The molecular weight excluding hydrogens is 267 g/mol. The maximum absolute atomic E-state index is 13.6. The highest BCUT2D eigenvalue weighted by Gasteiger charge is 2.32. The van der Waals surface area contributed by atoms with Crippen LogP contribution >= 0.6 is 0 Å². The SMILES string of the molecule is Nc1cc(F)c(-c2ccc(C(F)(F)F)nc2)cc1F. The number of halogens is 5. The maximum Gasteiger partial charge on any atom is 0.433 e. The quantitative estimate of drug-likeness (QED) is 0.637. The van der Waals surface area contributed by atoms with Gasteiger partial charge in [0.05, 0.1) is 5.69 Å². The standard InChI is InChI=1S/C12H7F5N2/c13-8-4-10(18)9(14)3-7(8)6-1-2-11(19-5-6)12(15,16)17/h1-5H,18H2. The Kier molecular flexibility index (Phi) is 3.13. The van der Waals surface area contributed by atoms with Gasteiger partial charge in [0, 0.05) is 23.4 Å². The Morgan fingerprint density at radius 3 is 2.21 bits per heavy atom. The van der Waals surface area contributed by atoms with E-state index in [-0.39, 0.29) is 16.8 Å². The predicted molar refractivity (Wildman–Crippen MR) is 59.0 cm³/mol. The molecule has 0 unspecified atom stereocenters. The minimum absolute atomic E-state index is 0.0319. The third-order valence-corrected chi connectivity index (χ3v) is 2.45. The Bertz CT molecular complexity index is 605. The topological polar surface area (TPSA) is 38.9 Å². The van der Waals surface area contributed by atoms with Gasteiger partial charge in [0.1, 0.15) is 17.3 Å². The highest BCUT2D eigenvalue weighted by molar-refractivity contribution is 5.66. The zero-order valence-electron chi connectivity index (χ0n) is 9.30. The van der Waals surface area contributed by atoms with Crippen LogP contribution in [0.1, 0.15) is 5.69 Å². The van der Waals surface area contributed by atoms with E-state index >= 15 is 0 Å². The van der Waals surface area contributed by atoms with E-state index in [1.807, 2.05) is 0 Å². The average Bonchev–Trinajstić information content (AvgIpc) is 2.33. The van der Waals surface area contributed by atoms with Crippen molar-refractivity contribution < 1.29 is 22.0 Å². The van der Waals surface area contributed by atoms with Crippen molar-refractivity contribution in [3.63, 3.8) is 0 Å². The molecule has 0 saturated heterocycles. The van der Waals surface area contributed by atoms with Gasteiger partial charge in [-0.15, -0.1) is 0 Å². The summed E-state index contributed by atoms with van der Waals surface area (Å²) in [6.45, 7) is 0. The molecule has 1 aromatic carbocycles. The predicted octanol–water partition coefficient (Wildman–Crippen LogP) is 3.63. The van der Waals surface area contributed by atoms with E-state index in [1.54, 1.807) is 0 Å². The molecule has 2 N–H and O–H groups in total. The van der Waals surface area contributed by atoms with Crippen LogP contribution in [-0.2, 0) is 6.18 Å². The molecule has 1 heterocycles. The van der Waals surface area contributed by atoms with E-state index in [1.165, 1.54) is 0 Å². The molecule has 0 aliphatic rings. The number of hydrogen-bond donors (Lipinski definition) is 1. The van der Waals surface area contributed by atoms with Crippen LogP contribution < -0.4 is 5.73 Å². The lowest BCUT2D eigenvalue weighted by Gasteiger charge is -2.08. The molecule has 2 nitrogen and oxygen atoms in total. The summed E-state index contributed by atoms with van der Waals surface area (Å²) in [5.74, 6) is -1.68. The number of pyridine rings is 1. The lowest BCUT2D eigenvalue weighted by molar-refractivity contribution is -0.141. The molecule has 0 radical (unpaired) electrons. The van der Waals surface area contributed by atoms with Gasteiger partial charge in [-0.1, -0.05) is 6.07 Å². The van der Waals surface area contributed by atoms with Crippen molar-refractivity contribution in [3.05, 3.63) is 47.8 Å². The molecule has 0 bridgehead atoms. The number of rotatable bonds is 1. The van der Waals surface area contributed by atoms with Crippen LogP contribution in [0.5, 0.6) is 0 Å². The van der Waals surface area contributed by atoms with Gasteiger partial charge < -0.3 is 5.73 Å². The second-order valence-electron chi connectivity index (χ2n) is 3.78. The van der Waals surface area contributed by atoms with Gasteiger partial charge in [-0.2, -0.15) is 13.2 Å². The second-order valence-corrected chi connectivity index (χ2v) is 3.78. The Hall–Kier alpha value is -2.18. The van der Waals surface area contributed by atoms with Gasteiger partial charge >= 0.3 is 6.18 Å². The number of alkyl halides is 3. The summed E-state index contributed by atoms with van der Waals surface area (Å²) in [5, 5.41) is 0. The van der Waals surface area contributed by atoms with Gasteiger partial charge in [0.25, 0.3) is 0 Å². The minimum Gasteiger partial charge on any atom is -0.396 e. The van der Waals surface area contributed by atoms with E-state index in [0.717, 1.165) is 24.4 Å². The van der Waals surface area contributed by atoms with Gasteiger partial charge in [-0.3, -0.25) is 4.98 Å². The molecule has 0 aliphatic carbocycles. The van der Waals surface area contributed by atoms with E-state index in [4.69, 9.17) is 5.73 Å². The van der Waals surface area contributed by atoms with Crippen molar-refractivity contribution in [3.8, 4) is 11.1 Å². The minimum atomic E-state index is -4.58. The fourth-order valence-corrected chi connectivity index (χ4v) is 1.50. The molecule has 100 valence electrons. The third kappa shape index (κ3) is 2.64. The van der Waals surface area contributed by atoms with Crippen LogP contribution in [0.15, 0.2) is 30.5 Å². The first kappa shape index (κ1) is 13.3. The monoisotopic (exact) mass is 274 g/mol. The lowest BCUT2D eigenvalue weighted by Crippen LogP contribution is -2.07. The Balaban J connectivity index is 2.46. The van der Waals surface area contributed by atoms with Crippen LogP contribution in [0, 0.1) is 11.6 Å². The summed E-state index contributed by atoms with van der Waals surface area (Å²) >= 11 is 0. The molecule has 0 saturated carbocycles. The van der Waals surface area contributed by atoms with E-state index < -0.39 is 23.5 Å². The van der Waals surface area contributed by atoms with Crippen molar-refractivity contribution in [2.45, 2.75) is 6.18 Å². The number of nitrogens with zero attached hydrogens (tertiary/aromatic N) is 1. The van der Waals surface area contributed by atoms with Crippen molar-refractivity contribution in [2.75, 3.05) is 5.73 Å². The van der Waals surface area contributed by atoms with Crippen molar-refractivity contribution in [1.29, 1.82) is 0 Å².